The van der Waals surface area contributed by atoms with Crippen LogP contribution in [0.2, 0.25) is 0 Å². The summed E-state index contributed by atoms with van der Waals surface area (Å²) in [5.41, 5.74) is 2.09. The molecule has 2 aromatic rings. The Morgan fingerprint density at radius 3 is 2.65 bits per heavy atom. The van der Waals surface area contributed by atoms with Crippen molar-refractivity contribution in [1.29, 1.82) is 0 Å². The van der Waals surface area contributed by atoms with Gasteiger partial charge in [0.15, 0.2) is 0 Å². The Morgan fingerprint density at radius 2 is 1.96 bits per heavy atom. The molecular weight excluding hydrogens is 296 g/mol. The Balaban J connectivity index is 1.66. The number of benzene rings is 1. The van der Waals surface area contributed by atoms with Gasteiger partial charge in [0.05, 0.1) is 20.3 Å². The first-order valence-corrected chi connectivity index (χ1v) is 7.36. The van der Waals surface area contributed by atoms with Gasteiger partial charge in [-0.05, 0) is 24.3 Å². The summed E-state index contributed by atoms with van der Waals surface area (Å²) in [6, 6.07) is 9.22. The second kappa shape index (κ2) is 7.06. The fraction of sp³-hybridized carbons (Fsp3) is 0.312. The quantitative estimate of drug-likeness (QED) is 0.923. The van der Waals surface area contributed by atoms with Gasteiger partial charge in [-0.25, -0.2) is 9.97 Å². The molecule has 2 heterocycles. The number of nitrogens with one attached hydrogen (secondary N) is 1. The molecule has 1 N–H and O–H groups in total. The lowest BCUT2D eigenvalue weighted by Crippen LogP contribution is -2.36. The summed E-state index contributed by atoms with van der Waals surface area (Å²) in [6.07, 6.45) is 1.30. The molecule has 1 aromatic heterocycles. The van der Waals surface area contributed by atoms with Crippen molar-refractivity contribution < 1.29 is 14.3 Å². The molecule has 1 aromatic carbocycles. The number of methoxy groups -OCH3 is 1. The number of ether oxygens (including phenoxy) is 2. The van der Waals surface area contributed by atoms with Gasteiger partial charge in [-0.2, -0.15) is 0 Å². The molecule has 0 unspecified atom stereocenters. The van der Waals surface area contributed by atoms with Crippen molar-refractivity contribution >= 4 is 17.3 Å². The summed E-state index contributed by atoms with van der Waals surface area (Å²) in [4.78, 5) is 22.3. The van der Waals surface area contributed by atoms with Crippen LogP contribution in [0, 0.1) is 0 Å². The first-order valence-electron chi connectivity index (χ1n) is 7.36. The molecule has 7 heteroatoms. The van der Waals surface area contributed by atoms with E-state index < -0.39 is 0 Å². The molecule has 0 bridgehead atoms. The molecule has 3 rings (SSSR count). The second-order valence-electron chi connectivity index (χ2n) is 5.05. The van der Waals surface area contributed by atoms with Gasteiger partial charge in [0.2, 0.25) is 5.88 Å². The van der Waals surface area contributed by atoms with Crippen molar-refractivity contribution in [2.75, 3.05) is 43.6 Å². The topological polar surface area (TPSA) is 76.6 Å². The van der Waals surface area contributed by atoms with E-state index in [1.165, 1.54) is 19.5 Å². The van der Waals surface area contributed by atoms with Crippen LogP contribution in [0.5, 0.6) is 5.88 Å². The van der Waals surface area contributed by atoms with Crippen LogP contribution in [0.3, 0.4) is 0 Å². The predicted octanol–water partition coefficient (Wildman–Crippen LogP) is 1.57. The van der Waals surface area contributed by atoms with Crippen molar-refractivity contribution in [1.82, 2.24) is 9.97 Å². The summed E-state index contributed by atoms with van der Waals surface area (Å²) < 4.78 is 10.3. The van der Waals surface area contributed by atoms with E-state index in [1.807, 2.05) is 24.3 Å². The van der Waals surface area contributed by atoms with E-state index in [4.69, 9.17) is 9.47 Å². The van der Waals surface area contributed by atoms with E-state index in [0.717, 1.165) is 32.0 Å². The number of anilines is 2. The first-order chi connectivity index (χ1) is 11.3. The van der Waals surface area contributed by atoms with E-state index in [0.29, 0.717) is 11.6 Å². The third kappa shape index (κ3) is 3.75. The van der Waals surface area contributed by atoms with Gasteiger partial charge in [-0.1, -0.05) is 0 Å². The molecule has 0 saturated carbocycles. The molecule has 1 amide bonds. The minimum atomic E-state index is -0.301. The summed E-state index contributed by atoms with van der Waals surface area (Å²) in [7, 11) is 1.49. The molecule has 1 aliphatic heterocycles. The molecule has 23 heavy (non-hydrogen) atoms. The number of carbonyl (C=O) groups is 1. The van der Waals surface area contributed by atoms with Crippen molar-refractivity contribution in [2.45, 2.75) is 0 Å². The maximum absolute atomic E-state index is 12.2. The van der Waals surface area contributed by atoms with Gasteiger partial charge >= 0.3 is 0 Å². The van der Waals surface area contributed by atoms with E-state index in [9.17, 15) is 4.79 Å². The zero-order valence-corrected chi connectivity index (χ0v) is 12.9. The highest BCUT2D eigenvalue weighted by atomic mass is 16.5. The minimum Gasteiger partial charge on any atom is -0.481 e. The maximum Gasteiger partial charge on any atom is 0.274 e. The Labute approximate surface area is 134 Å². The van der Waals surface area contributed by atoms with Crippen LogP contribution in [0.25, 0.3) is 0 Å². The first kappa shape index (κ1) is 15.2. The third-order valence-electron chi connectivity index (χ3n) is 3.59. The molecule has 0 aliphatic carbocycles. The largest absolute Gasteiger partial charge is 0.481 e. The number of carbonyl (C=O) groups excluding carboxylic acids is 1. The average Bonchev–Trinajstić information content (AvgIpc) is 2.63. The number of nitrogens with zero attached hydrogens (tertiary/aromatic N) is 3. The summed E-state index contributed by atoms with van der Waals surface area (Å²) in [5, 5.41) is 2.81. The number of hydrogen-bond donors (Lipinski definition) is 1. The number of morpholine rings is 1. The second-order valence-corrected chi connectivity index (χ2v) is 5.05. The average molecular weight is 314 g/mol. The highest BCUT2D eigenvalue weighted by molar-refractivity contribution is 6.03. The Bertz CT molecular complexity index is 669. The maximum atomic E-state index is 12.2. The number of amides is 1. The molecule has 1 saturated heterocycles. The Hall–Kier alpha value is -2.67. The summed E-state index contributed by atoms with van der Waals surface area (Å²) in [6.45, 7) is 3.25. The molecule has 120 valence electrons. The normalized spacial score (nSPS) is 14.4. The van der Waals surface area contributed by atoms with Crippen molar-refractivity contribution in [2.24, 2.45) is 0 Å². The molecule has 7 nitrogen and oxygen atoms in total. The summed E-state index contributed by atoms with van der Waals surface area (Å²) in [5.74, 6) is 0.0534. The number of aromatic nitrogens is 2. The number of hydrogen-bond acceptors (Lipinski definition) is 6. The van der Waals surface area contributed by atoms with E-state index in [2.05, 4.69) is 20.2 Å². The Kier molecular flexibility index (Phi) is 4.68. The van der Waals surface area contributed by atoms with Crippen LogP contribution in [0.1, 0.15) is 10.5 Å². The lowest BCUT2D eigenvalue weighted by atomic mass is 10.2. The van der Waals surface area contributed by atoms with E-state index in [1.54, 1.807) is 0 Å². The van der Waals surface area contributed by atoms with Crippen LogP contribution >= 0.6 is 0 Å². The van der Waals surface area contributed by atoms with E-state index in [-0.39, 0.29) is 11.6 Å². The minimum absolute atomic E-state index is 0.258. The zero-order chi connectivity index (χ0) is 16.1. The molecule has 0 atom stereocenters. The Morgan fingerprint density at radius 1 is 1.22 bits per heavy atom. The van der Waals surface area contributed by atoms with E-state index >= 15 is 0 Å². The molecular formula is C16H18N4O3. The van der Waals surface area contributed by atoms with Gasteiger partial charge in [-0.15, -0.1) is 0 Å². The summed E-state index contributed by atoms with van der Waals surface area (Å²) >= 11 is 0. The SMILES string of the molecule is COc1cc(C(=O)Nc2ccc(N3CCOCC3)cc2)ncn1. The predicted molar refractivity (Wildman–Crippen MR) is 86.0 cm³/mol. The standard InChI is InChI=1S/C16H18N4O3/c1-22-15-10-14(17-11-18-15)16(21)19-12-2-4-13(5-3-12)20-6-8-23-9-7-20/h2-5,10-11H,6-9H2,1H3,(H,19,21). The van der Waals surface area contributed by atoms with Crippen LogP contribution < -0.4 is 15.0 Å². The van der Waals surface area contributed by atoms with Crippen LogP contribution in [0.4, 0.5) is 11.4 Å². The third-order valence-corrected chi connectivity index (χ3v) is 3.59. The fourth-order valence-corrected chi connectivity index (χ4v) is 2.35. The van der Waals surface area contributed by atoms with Crippen LogP contribution in [-0.4, -0.2) is 49.3 Å². The van der Waals surface area contributed by atoms with Crippen LogP contribution in [0.15, 0.2) is 36.7 Å². The highest BCUT2D eigenvalue weighted by Gasteiger charge is 2.12. The lowest BCUT2D eigenvalue weighted by molar-refractivity contribution is 0.102. The molecule has 0 radical (unpaired) electrons. The monoisotopic (exact) mass is 314 g/mol. The molecule has 1 aliphatic rings. The number of rotatable bonds is 4. The highest BCUT2D eigenvalue weighted by Crippen LogP contribution is 2.19. The van der Waals surface area contributed by atoms with Gasteiger partial charge in [-0.3, -0.25) is 4.79 Å². The van der Waals surface area contributed by atoms with Crippen molar-refractivity contribution in [3.8, 4) is 5.88 Å². The molecule has 0 spiro atoms. The van der Waals surface area contributed by atoms with Crippen molar-refractivity contribution in [3.05, 3.63) is 42.4 Å². The van der Waals surface area contributed by atoms with Crippen molar-refractivity contribution in [3.63, 3.8) is 0 Å². The van der Waals surface area contributed by atoms with Gasteiger partial charge < -0.3 is 19.7 Å². The lowest BCUT2D eigenvalue weighted by Gasteiger charge is -2.28. The van der Waals surface area contributed by atoms with Gasteiger partial charge in [0.25, 0.3) is 5.91 Å². The molecule has 1 fully saturated rings. The van der Waals surface area contributed by atoms with Gasteiger partial charge in [0.1, 0.15) is 12.0 Å². The smallest absolute Gasteiger partial charge is 0.274 e. The van der Waals surface area contributed by atoms with Gasteiger partial charge in [0, 0.05) is 30.5 Å². The fourth-order valence-electron chi connectivity index (χ4n) is 2.35. The zero-order valence-electron chi connectivity index (χ0n) is 12.9. The van der Waals surface area contributed by atoms with Crippen LogP contribution in [-0.2, 0) is 4.74 Å².